The lowest BCUT2D eigenvalue weighted by molar-refractivity contribution is 0.0825. The fourth-order valence-electron chi connectivity index (χ4n) is 4.27. The van der Waals surface area contributed by atoms with Gasteiger partial charge in [-0.2, -0.15) is 0 Å². The molecule has 30 heavy (non-hydrogen) atoms. The number of benzene rings is 1. The number of carbonyl (C=O) groups is 1. The van der Waals surface area contributed by atoms with E-state index in [0.717, 1.165) is 53.8 Å². The number of nitrogens with one attached hydrogen (secondary N) is 1. The molecule has 0 atom stereocenters. The van der Waals surface area contributed by atoms with Crippen LogP contribution in [-0.2, 0) is 34.9 Å². The smallest absolute Gasteiger partial charge is 0.257 e. The molecule has 2 aromatic rings. The lowest BCUT2D eigenvalue weighted by Crippen LogP contribution is -2.21. The minimum Gasteiger partial charge on any atom is -0.385 e. The van der Waals surface area contributed by atoms with Gasteiger partial charge in [-0.15, -0.1) is 11.3 Å². The quantitative estimate of drug-likeness (QED) is 0.626. The minimum atomic E-state index is -4.10. The summed E-state index contributed by atoms with van der Waals surface area (Å²) >= 11 is 0.842. The molecule has 162 valence electrons. The van der Waals surface area contributed by atoms with Crippen LogP contribution in [0, 0.1) is 5.92 Å². The number of anilines is 1. The number of carbonyl (C=O) groups excluding carboxylic acids is 1. The highest BCUT2D eigenvalue weighted by atomic mass is 32.2. The van der Waals surface area contributed by atoms with Crippen molar-refractivity contribution in [3.8, 4) is 0 Å². The van der Waals surface area contributed by atoms with Crippen LogP contribution in [0.2, 0.25) is 0 Å². The number of nitrogens with two attached hydrogens (primary N) is 1. The van der Waals surface area contributed by atoms with Gasteiger partial charge in [0.05, 0.1) is 11.2 Å². The molecular weight excluding hydrogens is 420 g/mol. The van der Waals surface area contributed by atoms with Crippen molar-refractivity contribution in [1.29, 1.82) is 0 Å². The summed E-state index contributed by atoms with van der Waals surface area (Å²) in [5, 5.41) is 18.7. The number of fused-ring (bicyclic) bond motifs is 1. The third kappa shape index (κ3) is 4.19. The number of hydrogen-bond acceptors (Lipinski definition) is 5. The lowest BCUT2D eigenvalue weighted by Gasteiger charge is -2.27. The monoisotopic (exact) mass is 448 g/mol. The molecule has 0 saturated heterocycles. The molecule has 0 spiro atoms. The average Bonchev–Trinajstić information content (AvgIpc) is 3.25. The van der Waals surface area contributed by atoms with E-state index in [0.29, 0.717) is 10.8 Å². The van der Waals surface area contributed by atoms with Gasteiger partial charge in [0.25, 0.3) is 5.91 Å². The van der Waals surface area contributed by atoms with E-state index in [1.807, 2.05) is 0 Å². The van der Waals surface area contributed by atoms with Crippen LogP contribution >= 0.6 is 11.3 Å². The predicted molar refractivity (Wildman–Crippen MR) is 118 cm³/mol. The first-order chi connectivity index (χ1) is 14.0. The van der Waals surface area contributed by atoms with Crippen LogP contribution in [0.25, 0.3) is 0 Å². The number of sulfonamides is 1. The van der Waals surface area contributed by atoms with E-state index in [4.69, 9.17) is 5.14 Å². The summed E-state index contributed by atoms with van der Waals surface area (Å²) in [6.45, 7) is 3.10. The number of rotatable bonds is 6. The number of thiophene rings is 1. The normalized spacial score (nSPS) is 16.9. The van der Waals surface area contributed by atoms with Crippen molar-refractivity contribution in [1.82, 2.24) is 0 Å². The molecule has 8 heteroatoms. The van der Waals surface area contributed by atoms with Crippen LogP contribution in [0.5, 0.6) is 0 Å². The maximum atomic E-state index is 13.2. The zero-order chi connectivity index (χ0) is 21.7. The predicted octanol–water partition coefficient (Wildman–Crippen LogP) is 3.71. The molecule has 2 aliphatic rings. The summed E-state index contributed by atoms with van der Waals surface area (Å²) < 4.78 is 24.0. The Kier molecular flexibility index (Phi) is 5.55. The van der Waals surface area contributed by atoms with E-state index < -0.39 is 21.5 Å². The van der Waals surface area contributed by atoms with Crippen LogP contribution < -0.4 is 10.5 Å². The fraction of sp³-hybridized carbons (Fsp3) is 0.500. The lowest BCUT2D eigenvalue weighted by atomic mass is 9.80. The van der Waals surface area contributed by atoms with Crippen LogP contribution in [0.3, 0.4) is 0 Å². The van der Waals surface area contributed by atoms with Gasteiger partial charge in [0.15, 0.2) is 0 Å². The van der Waals surface area contributed by atoms with Crippen molar-refractivity contribution >= 4 is 33.0 Å². The van der Waals surface area contributed by atoms with Gasteiger partial charge >= 0.3 is 0 Å². The highest BCUT2D eigenvalue weighted by molar-refractivity contribution is 7.91. The maximum Gasteiger partial charge on any atom is 0.257 e. The summed E-state index contributed by atoms with van der Waals surface area (Å²) in [6.07, 6.45) is 7.54. The van der Waals surface area contributed by atoms with Gasteiger partial charge in [0, 0.05) is 10.6 Å². The molecule has 0 bridgehead atoms. The SMILES string of the molecule is CC(C)(O)c1cc(C(=O)Nc2c(CC3CCC3)ccc3c2CCC3)c(S(N)(=O)=O)s1. The van der Waals surface area contributed by atoms with E-state index >= 15 is 0 Å². The van der Waals surface area contributed by atoms with Gasteiger partial charge in [0.1, 0.15) is 4.21 Å². The van der Waals surface area contributed by atoms with Crippen molar-refractivity contribution in [3.63, 3.8) is 0 Å². The fourth-order valence-corrected chi connectivity index (χ4v) is 6.35. The third-order valence-corrected chi connectivity index (χ3v) is 9.07. The van der Waals surface area contributed by atoms with Gasteiger partial charge in [-0.1, -0.05) is 31.4 Å². The Bertz CT molecular complexity index is 1090. The van der Waals surface area contributed by atoms with Crippen LogP contribution in [0.4, 0.5) is 5.69 Å². The molecule has 1 saturated carbocycles. The highest BCUT2D eigenvalue weighted by Gasteiger charge is 2.30. The second-order valence-corrected chi connectivity index (χ2v) is 11.8. The van der Waals surface area contributed by atoms with E-state index in [9.17, 15) is 18.3 Å². The van der Waals surface area contributed by atoms with Crippen molar-refractivity contribution < 1.29 is 18.3 Å². The Balaban J connectivity index is 1.72. The zero-order valence-electron chi connectivity index (χ0n) is 17.3. The summed E-state index contributed by atoms with van der Waals surface area (Å²) in [5.41, 5.74) is 3.07. The molecule has 1 fully saturated rings. The van der Waals surface area contributed by atoms with Crippen molar-refractivity contribution in [2.75, 3.05) is 5.32 Å². The Morgan fingerprint density at radius 2 is 2.00 bits per heavy atom. The average molecular weight is 449 g/mol. The van der Waals surface area contributed by atoms with Crippen molar-refractivity contribution in [3.05, 3.63) is 45.3 Å². The second kappa shape index (κ2) is 7.75. The third-order valence-electron chi connectivity index (χ3n) is 6.14. The summed E-state index contributed by atoms with van der Waals surface area (Å²) in [4.78, 5) is 13.6. The molecule has 1 amide bonds. The molecule has 1 heterocycles. The molecule has 2 aliphatic carbocycles. The largest absolute Gasteiger partial charge is 0.385 e. The topological polar surface area (TPSA) is 109 Å². The van der Waals surface area contributed by atoms with Crippen molar-refractivity contribution in [2.24, 2.45) is 11.1 Å². The number of primary sulfonamides is 1. The molecule has 6 nitrogen and oxygen atoms in total. The van der Waals surface area contributed by atoms with Gasteiger partial charge in [-0.3, -0.25) is 4.79 Å². The Morgan fingerprint density at radius 1 is 1.27 bits per heavy atom. The number of hydrogen-bond donors (Lipinski definition) is 3. The van der Waals surface area contributed by atoms with Gasteiger partial charge in [0.2, 0.25) is 10.0 Å². The Labute approximate surface area is 181 Å². The first kappa shape index (κ1) is 21.5. The first-order valence-electron chi connectivity index (χ1n) is 10.4. The maximum absolute atomic E-state index is 13.2. The van der Waals surface area contributed by atoms with Gasteiger partial charge in [-0.25, -0.2) is 13.6 Å². The summed E-state index contributed by atoms with van der Waals surface area (Å²) in [5.74, 6) is 0.143. The van der Waals surface area contributed by atoms with E-state index in [1.54, 1.807) is 13.8 Å². The zero-order valence-corrected chi connectivity index (χ0v) is 19.0. The van der Waals surface area contributed by atoms with Gasteiger partial charge < -0.3 is 10.4 Å². The molecule has 1 aromatic carbocycles. The number of aryl methyl sites for hydroxylation is 1. The molecule has 0 radical (unpaired) electrons. The highest BCUT2D eigenvalue weighted by Crippen LogP contribution is 2.38. The summed E-state index contributed by atoms with van der Waals surface area (Å²) in [7, 11) is -4.10. The van der Waals surface area contributed by atoms with Crippen LogP contribution in [0.1, 0.15) is 71.5 Å². The molecule has 4 N–H and O–H groups in total. The Morgan fingerprint density at radius 3 is 2.60 bits per heavy atom. The van der Waals surface area contributed by atoms with Gasteiger partial charge in [-0.05, 0) is 68.2 Å². The van der Waals surface area contributed by atoms with E-state index in [1.165, 1.54) is 30.9 Å². The standard InChI is InChI=1S/C22H28N2O4S2/c1-22(2,26)18-12-17(21(29-18)30(23,27)28)20(25)24-19-15(11-13-5-3-6-13)10-9-14-7-4-8-16(14)19/h9-10,12-13,26H,3-8,11H2,1-2H3,(H,24,25)(H2,23,27,28). The molecule has 4 rings (SSSR count). The first-order valence-corrected chi connectivity index (χ1v) is 12.7. The minimum absolute atomic E-state index is 0.00943. The van der Waals surface area contributed by atoms with E-state index in [2.05, 4.69) is 17.4 Å². The molecule has 1 aromatic heterocycles. The van der Waals surface area contributed by atoms with Crippen LogP contribution in [0.15, 0.2) is 22.4 Å². The number of amides is 1. The van der Waals surface area contributed by atoms with Crippen LogP contribution in [-0.4, -0.2) is 19.4 Å². The molecular formula is C22H28N2O4S2. The molecule has 0 unspecified atom stereocenters. The summed E-state index contributed by atoms with van der Waals surface area (Å²) in [6, 6.07) is 5.71. The molecule has 0 aliphatic heterocycles. The second-order valence-electron chi connectivity index (χ2n) is 8.96. The number of aliphatic hydroxyl groups is 1. The van der Waals surface area contributed by atoms with E-state index in [-0.39, 0.29) is 9.77 Å². The van der Waals surface area contributed by atoms with Crippen molar-refractivity contribution in [2.45, 2.75) is 68.6 Å². The Hall–Kier alpha value is -1.74.